The van der Waals surface area contributed by atoms with Crippen molar-refractivity contribution in [3.05, 3.63) is 57.7 Å². The lowest BCUT2D eigenvalue weighted by atomic mass is 10.1. The third kappa shape index (κ3) is 4.74. The van der Waals surface area contributed by atoms with Gasteiger partial charge in [-0.1, -0.05) is 11.6 Å². The van der Waals surface area contributed by atoms with E-state index in [2.05, 4.69) is 5.32 Å². The van der Waals surface area contributed by atoms with Crippen molar-refractivity contribution >= 4 is 52.2 Å². The molecule has 3 amide bonds. The number of carbonyl (C=O) groups excluding carboxylic acids is 3. The molecule has 0 radical (unpaired) electrons. The molecule has 10 heteroatoms. The molecule has 0 aliphatic carbocycles. The van der Waals surface area contributed by atoms with Gasteiger partial charge in [0.2, 0.25) is 5.91 Å². The van der Waals surface area contributed by atoms with Gasteiger partial charge in [-0.2, -0.15) is 0 Å². The molecule has 7 nitrogen and oxygen atoms in total. The fraction of sp³-hybridized carbons (Fsp3) is 0.150. The molecule has 1 aliphatic rings. The second-order valence-electron chi connectivity index (χ2n) is 6.05. The molecule has 0 saturated carbocycles. The van der Waals surface area contributed by atoms with Gasteiger partial charge in [-0.15, -0.1) is 0 Å². The van der Waals surface area contributed by atoms with E-state index in [4.69, 9.17) is 21.1 Å². The van der Waals surface area contributed by atoms with Crippen LogP contribution >= 0.6 is 23.4 Å². The van der Waals surface area contributed by atoms with Gasteiger partial charge in [-0.25, -0.2) is 4.39 Å². The number of amides is 3. The van der Waals surface area contributed by atoms with Crippen molar-refractivity contribution in [2.45, 2.75) is 0 Å². The molecule has 30 heavy (non-hydrogen) atoms. The van der Waals surface area contributed by atoms with Crippen LogP contribution in [-0.2, 0) is 9.59 Å². The normalized spacial score (nSPS) is 14.9. The molecule has 2 aromatic rings. The van der Waals surface area contributed by atoms with E-state index < -0.39 is 29.4 Å². The van der Waals surface area contributed by atoms with E-state index in [1.165, 1.54) is 44.6 Å². The molecule has 3 rings (SSSR count). The number of nitrogens with one attached hydrogen (secondary N) is 1. The zero-order chi connectivity index (χ0) is 21.8. The van der Waals surface area contributed by atoms with Gasteiger partial charge in [0.05, 0.1) is 24.1 Å². The van der Waals surface area contributed by atoms with Gasteiger partial charge in [0.15, 0.2) is 0 Å². The first kappa shape index (κ1) is 21.7. The summed E-state index contributed by atoms with van der Waals surface area (Å²) in [6.07, 6.45) is 1.47. The van der Waals surface area contributed by atoms with Crippen LogP contribution in [0.3, 0.4) is 0 Å². The van der Waals surface area contributed by atoms with Crippen molar-refractivity contribution < 1.29 is 28.2 Å². The number of benzene rings is 2. The number of anilines is 1. The van der Waals surface area contributed by atoms with Crippen molar-refractivity contribution in [2.24, 2.45) is 0 Å². The fourth-order valence-corrected chi connectivity index (χ4v) is 3.73. The number of hydrogen-bond acceptors (Lipinski definition) is 6. The van der Waals surface area contributed by atoms with Gasteiger partial charge in [-0.3, -0.25) is 19.3 Å². The minimum Gasteiger partial charge on any atom is -0.496 e. The third-order valence-electron chi connectivity index (χ3n) is 4.09. The van der Waals surface area contributed by atoms with E-state index in [0.717, 1.165) is 4.90 Å². The van der Waals surface area contributed by atoms with Crippen molar-refractivity contribution in [1.82, 2.24) is 4.90 Å². The molecular formula is C20H16ClFN2O5S. The molecule has 0 unspecified atom stereocenters. The number of methoxy groups -OCH3 is 2. The second kappa shape index (κ2) is 9.19. The quantitative estimate of drug-likeness (QED) is 0.665. The molecule has 0 bridgehead atoms. The largest absolute Gasteiger partial charge is 0.496 e. The Hall–Kier alpha value is -3.04. The number of nitrogens with zero attached hydrogens (tertiary/aromatic N) is 1. The van der Waals surface area contributed by atoms with Crippen LogP contribution in [0.1, 0.15) is 5.56 Å². The molecule has 1 aliphatic heterocycles. The number of hydrogen-bond donors (Lipinski definition) is 1. The van der Waals surface area contributed by atoms with Crippen LogP contribution < -0.4 is 14.8 Å². The van der Waals surface area contributed by atoms with Crippen LogP contribution in [-0.4, -0.2) is 42.7 Å². The zero-order valence-corrected chi connectivity index (χ0v) is 17.5. The molecule has 2 aromatic carbocycles. The Morgan fingerprint density at radius 1 is 1.17 bits per heavy atom. The Balaban J connectivity index is 1.76. The lowest BCUT2D eigenvalue weighted by molar-refractivity contribution is -0.127. The number of halogens is 2. The molecule has 0 spiro atoms. The zero-order valence-electron chi connectivity index (χ0n) is 15.9. The summed E-state index contributed by atoms with van der Waals surface area (Å²) in [4.78, 5) is 38.0. The molecule has 1 saturated heterocycles. The Morgan fingerprint density at radius 3 is 2.47 bits per heavy atom. The lowest BCUT2D eigenvalue weighted by Gasteiger charge is -2.12. The van der Waals surface area contributed by atoms with Gasteiger partial charge in [-0.05, 0) is 48.2 Å². The van der Waals surface area contributed by atoms with Gasteiger partial charge >= 0.3 is 0 Å². The number of thioether (sulfide) groups is 1. The average molecular weight is 451 g/mol. The third-order valence-corrected chi connectivity index (χ3v) is 5.30. The van der Waals surface area contributed by atoms with Crippen molar-refractivity contribution in [3.8, 4) is 11.5 Å². The van der Waals surface area contributed by atoms with E-state index in [0.29, 0.717) is 39.5 Å². The minimum absolute atomic E-state index is 0.120. The lowest BCUT2D eigenvalue weighted by Crippen LogP contribution is -2.36. The van der Waals surface area contributed by atoms with Crippen molar-refractivity contribution in [2.75, 3.05) is 26.1 Å². The maximum atomic E-state index is 13.0. The summed E-state index contributed by atoms with van der Waals surface area (Å²) >= 11 is 6.84. The van der Waals surface area contributed by atoms with Gasteiger partial charge in [0.25, 0.3) is 11.1 Å². The molecular weight excluding hydrogens is 435 g/mol. The van der Waals surface area contributed by atoms with Crippen molar-refractivity contribution in [3.63, 3.8) is 0 Å². The highest BCUT2D eigenvalue weighted by molar-refractivity contribution is 8.18. The van der Waals surface area contributed by atoms with Crippen LogP contribution in [0.4, 0.5) is 14.9 Å². The average Bonchev–Trinajstić information content (AvgIpc) is 2.97. The van der Waals surface area contributed by atoms with Gasteiger partial charge < -0.3 is 14.8 Å². The maximum Gasteiger partial charge on any atom is 0.294 e. The van der Waals surface area contributed by atoms with Crippen LogP contribution in [0.25, 0.3) is 6.08 Å². The Bertz CT molecular complexity index is 1040. The van der Waals surface area contributed by atoms with Gasteiger partial charge in [0.1, 0.15) is 23.9 Å². The maximum absolute atomic E-state index is 13.0. The van der Waals surface area contributed by atoms with E-state index in [-0.39, 0.29) is 4.91 Å². The number of imide groups is 1. The monoisotopic (exact) mass is 450 g/mol. The molecule has 0 atom stereocenters. The highest BCUT2D eigenvalue weighted by Gasteiger charge is 2.36. The Kier molecular flexibility index (Phi) is 6.63. The Labute approximate surface area is 180 Å². The Morgan fingerprint density at radius 2 is 1.83 bits per heavy atom. The molecule has 1 N–H and O–H groups in total. The van der Waals surface area contributed by atoms with Crippen LogP contribution in [0.15, 0.2) is 41.3 Å². The SMILES string of the molecule is COc1cc(OC)c(/C=C2\SC(=O)N(CC(=O)Nc3ccc(F)cc3)C2=O)cc1Cl. The van der Waals surface area contributed by atoms with E-state index in [9.17, 15) is 18.8 Å². The summed E-state index contributed by atoms with van der Waals surface area (Å²) in [6.45, 7) is -0.472. The highest BCUT2D eigenvalue weighted by atomic mass is 35.5. The van der Waals surface area contributed by atoms with Gasteiger partial charge in [0, 0.05) is 17.3 Å². The van der Waals surface area contributed by atoms with Crippen LogP contribution in [0.5, 0.6) is 11.5 Å². The first-order valence-corrected chi connectivity index (χ1v) is 9.74. The summed E-state index contributed by atoms with van der Waals surface area (Å²) in [6, 6.07) is 8.24. The van der Waals surface area contributed by atoms with E-state index in [1.807, 2.05) is 0 Å². The molecule has 1 heterocycles. The standard InChI is InChI=1S/C20H16ClFN2O5S/c1-28-15-9-16(29-2)14(21)7-11(15)8-17-19(26)24(20(27)30-17)10-18(25)23-13-5-3-12(22)4-6-13/h3-9H,10H2,1-2H3,(H,23,25)/b17-8-. The molecule has 156 valence electrons. The smallest absolute Gasteiger partial charge is 0.294 e. The molecule has 1 fully saturated rings. The summed E-state index contributed by atoms with van der Waals surface area (Å²) < 4.78 is 23.4. The minimum atomic E-state index is -0.617. The number of ether oxygens (including phenoxy) is 2. The highest BCUT2D eigenvalue weighted by Crippen LogP contribution is 2.37. The first-order valence-electron chi connectivity index (χ1n) is 8.54. The van der Waals surface area contributed by atoms with Crippen LogP contribution in [0.2, 0.25) is 5.02 Å². The summed E-state index contributed by atoms with van der Waals surface area (Å²) in [7, 11) is 2.91. The molecule has 0 aromatic heterocycles. The summed E-state index contributed by atoms with van der Waals surface area (Å²) in [5.41, 5.74) is 0.825. The van der Waals surface area contributed by atoms with E-state index in [1.54, 1.807) is 12.1 Å². The number of rotatable bonds is 6. The van der Waals surface area contributed by atoms with Crippen molar-refractivity contribution in [1.29, 1.82) is 0 Å². The van der Waals surface area contributed by atoms with E-state index >= 15 is 0 Å². The van der Waals surface area contributed by atoms with Crippen LogP contribution in [0, 0.1) is 5.82 Å². The fourth-order valence-electron chi connectivity index (χ4n) is 2.65. The topological polar surface area (TPSA) is 84.9 Å². The predicted octanol–water partition coefficient (Wildman–Crippen LogP) is 4.17. The number of carbonyl (C=O) groups is 3. The second-order valence-corrected chi connectivity index (χ2v) is 7.45. The first-order chi connectivity index (χ1) is 14.3. The predicted molar refractivity (Wildman–Crippen MR) is 112 cm³/mol. The summed E-state index contributed by atoms with van der Waals surface area (Å²) in [5.74, 6) is -0.852. The summed E-state index contributed by atoms with van der Waals surface area (Å²) in [5, 5.41) is 2.23.